The third kappa shape index (κ3) is 4.25. The van der Waals surface area contributed by atoms with E-state index >= 15 is 0 Å². The van der Waals surface area contributed by atoms with Gasteiger partial charge in [0.1, 0.15) is 12.6 Å². The number of rotatable bonds is 6. The summed E-state index contributed by atoms with van der Waals surface area (Å²) in [4.78, 5) is 38.7. The van der Waals surface area contributed by atoms with E-state index in [0.717, 1.165) is 27.8 Å². The van der Waals surface area contributed by atoms with Crippen LogP contribution in [-0.2, 0) is 20.7 Å². The number of carbonyl (C=O) groups excluding carboxylic acids is 2. The second kappa shape index (κ2) is 9.25. The predicted octanol–water partition coefficient (Wildman–Crippen LogP) is 4.35. The van der Waals surface area contributed by atoms with Gasteiger partial charge in [0.2, 0.25) is 5.91 Å². The molecule has 2 amide bonds. The van der Waals surface area contributed by atoms with Crippen LogP contribution in [0.4, 0.5) is 10.5 Å². The van der Waals surface area contributed by atoms with Crippen molar-refractivity contribution in [3.8, 4) is 11.1 Å². The molecule has 0 spiro atoms. The summed E-state index contributed by atoms with van der Waals surface area (Å²) in [7, 11) is 0. The zero-order valence-corrected chi connectivity index (χ0v) is 19.3. The zero-order chi connectivity index (χ0) is 24.5. The van der Waals surface area contributed by atoms with Crippen LogP contribution in [0.15, 0.2) is 72.8 Å². The van der Waals surface area contributed by atoms with Gasteiger partial charge in [0, 0.05) is 30.5 Å². The fourth-order valence-electron chi connectivity index (χ4n) is 5.14. The SMILES string of the molecule is CC(CC(=O)N1c2ccccc2C[C@H]1C(=O)O)NC(=O)OCC1c2ccccc2-c2ccccc21. The van der Waals surface area contributed by atoms with Gasteiger partial charge in [0.15, 0.2) is 0 Å². The maximum absolute atomic E-state index is 13.0. The van der Waals surface area contributed by atoms with E-state index in [1.54, 1.807) is 19.1 Å². The van der Waals surface area contributed by atoms with E-state index in [1.807, 2.05) is 36.4 Å². The highest BCUT2D eigenvalue weighted by atomic mass is 16.5. The Balaban J connectivity index is 1.21. The normalized spacial score (nSPS) is 16.7. The molecule has 2 aliphatic rings. The monoisotopic (exact) mass is 470 g/mol. The Morgan fingerprint density at radius 3 is 2.23 bits per heavy atom. The third-order valence-corrected chi connectivity index (χ3v) is 6.72. The van der Waals surface area contributed by atoms with Crippen molar-refractivity contribution >= 4 is 23.7 Å². The molecule has 0 bridgehead atoms. The van der Waals surface area contributed by atoms with Crippen LogP contribution in [0, 0.1) is 0 Å². The molecular formula is C28H26N2O5. The number of aliphatic carboxylic acids is 1. The smallest absolute Gasteiger partial charge is 0.407 e. The Bertz CT molecular complexity index is 1260. The van der Waals surface area contributed by atoms with Gasteiger partial charge in [0.05, 0.1) is 0 Å². The number of nitrogens with zero attached hydrogens (tertiary/aromatic N) is 1. The maximum atomic E-state index is 13.0. The molecule has 0 radical (unpaired) electrons. The van der Waals surface area contributed by atoms with Crippen molar-refractivity contribution in [2.24, 2.45) is 0 Å². The highest BCUT2D eigenvalue weighted by Gasteiger charge is 2.38. The fraction of sp³-hybridized carbons (Fsp3) is 0.250. The van der Waals surface area contributed by atoms with Crippen molar-refractivity contribution in [2.45, 2.75) is 37.8 Å². The first-order valence-corrected chi connectivity index (χ1v) is 11.7. The first-order chi connectivity index (χ1) is 16.9. The molecule has 7 heteroatoms. The van der Waals surface area contributed by atoms with Crippen LogP contribution < -0.4 is 10.2 Å². The number of anilines is 1. The van der Waals surface area contributed by atoms with E-state index in [-0.39, 0.29) is 31.3 Å². The Labute approximate surface area is 203 Å². The highest BCUT2D eigenvalue weighted by molar-refractivity contribution is 6.02. The molecule has 0 fully saturated rings. The van der Waals surface area contributed by atoms with Gasteiger partial charge in [0.25, 0.3) is 0 Å². The summed E-state index contributed by atoms with van der Waals surface area (Å²) >= 11 is 0. The van der Waals surface area contributed by atoms with Crippen LogP contribution in [0.3, 0.4) is 0 Å². The zero-order valence-electron chi connectivity index (χ0n) is 19.3. The summed E-state index contributed by atoms with van der Waals surface area (Å²) in [5.41, 5.74) is 5.97. The number of carboxylic acid groups (broad SMARTS) is 1. The predicted molar refractivity (Wildman–Crippen MR) is 131 cm³/mol. The summed E-state index contributed by atoms with van der Waals surface area (Å²) in [5, 5.41) is 12.3. The molecule has 1 heterocycles. The number of carbonyl (C=O) groups is 3. The van der Waals surface area contributed by atoms with Crippen LogP contribution in [0.5, 0.6) is 0 Å². The van der Waals surface area contributed by atoms with E-state index in [9.17, 15) is 19.5 Å². The number of carboxylic acids is 1. The molecule has 1 aliphatic heterocycles. The van der Waals surface area contributed by atoms with Gasteiger partial charge in [-0.3, -0.25) is 9.69 Å². The molecule has 7 nitrogen and oxygen atoms in total. The summed E-state index contributed by atoms with van der Waals surface area (Å²) in [5.74, 6) is -1.46. The molecule has 178 valence electrons. The standard InChI is InChI=1S/C28H26N2O5/c1-17(14-26(31)30-24-13-7-2-8-18(24)15-25(30)27(32)33)29-28(34)35-16-23-21-11-5-3-9-19(21)20-10-4-6-12-22(20)23/h2-13,17,23,25H,14-16H2,1H3,(H,29,34)(H,32,33)/t17?,25-/m0/s1. The van der Waals surface area contributed by atoms with Crippen LogP contribution in [0.2, 0.25) is 0 Å². The maximum Gasteiger partial charge on any atom is 0.407 e. The molecular weight excluding hydrogens is 444 g/mol. The first kappa shape index (κ1) is 22.7. The minimum absolute atomic E-state index is 0.0394. The van der Waals surface area contributed by atoms with Crippen molar-refractivity contribution in [1.29, 1.82) is 0 Å². The average Bonchev–Trinajstić information content (AvgIpc) is 3.39. The number of hydrogen-bond acceptors (Lipinski definition) is 4. The lowest BCUT2D eigenvalue weighted by atomic mass is 9.98. The summed E-state index contributed by atoms with van der Waals surface area (Å²) < 4.78 is 5.56. The average molecular weight is 471 g/mol. The number of amides is 2. The molecule has 2 atom stereocenters. The molecule has 0 saturated heterocycles. The number of benzene rings is 3. The Kier molecular flexibility index (Phi) is 5.99. The molecule has 5 rings (SSSR count). The summed E-state index contributed by atoms with van der Waals surface area (Å²) in [6, 6.07) is 21.9. The molecule has 0 saturated carbocycles. The largest absolute Gasteiger partial charge is 0.480 e. The Morgan fingerprint density at radius 2 is 1.57 bits per heavy atom. The van der Waals surface area contributed by atoms with Crippen molar-refractivity contribution in [1.82, 2.24) is 5.32 Å². The number of hydrogen-bond donors (Lipinski definition) is 2. The van der Waals surface area contributed by atoms with Gasteiger partial charge in [-0.15, -0.1) is 0 Å². The Morgan fingerprint density at radius 1 is 0.971 bits per heavy atom. The minimum Gasteiger partial charge on any atom is -0.480 e. The number of para-hydroxylation sites is 1. The van der Waals surface area contributed by atoms with Crippen LogP contribution in [0.25, 0.3) is 11.1 Å². The van der Waals surface area contributed by atoms with E-state index in [4.69, 9.17) is 4.74 Å². The number of nitrogens with one attached hydrogen (secondary N) is 1. The van der Waals surface area contributed by atoms with Gasteiger partial charge < -0.3 is 15.2 Å². The summed E-state index contributed by atoms with van der Waals surface area (Å²) in [6.07, 6.45) is -0.378. The summed E-state index contributed by atoms with van der Waals surface area (Å²) in [6.45, 7) is 1.89. The van der Waals surface area contributed by atoms with E-state index < -0.39 is 24.1 Å². The van der Waals surface area contributed by atoms with Gasteiger partial charge in [-0.25, -0.2) is 9.59 Å². The molecule has 1 unspecified atom stereocenters. The minimum atomic E-state index is -1.05. The van der Waals surface area contributed by atoms with Gasteiger partial charge in [-0.05, 0) is 40.8 Å². The second-order valence-electron chi connectivity index (χ2n) is 9.03. The van der Waals surface area contributed by atoms with Crippen LogP contribution in [-0.4, -0.2) is 41.8 Å². The number of ether oxygens (including phenoxy) is 1. The number of fused-ring (bicyclic) bond motifs is 4. The Hall–Kier alpha value is -4.13. The van der Waals surface area contributed by atoms with Gasteiger partial charge >= 0.3 is 12.1 Å². The molecule has 2 N–H and O–H groups in total. The van der Waals surface area contributed by atoms with Gasteiger partial charge in [-0.1, -0.05) is 66.7 Å². The van der Waals surface area contributed by atoms with Crippen molar-refractivity contribution in [2.75, 3.05) is 11.5 Å². The second-order valence-corrected chi connectivity index (χ2v) is 9.03. The van der Waals surface area contributed by atoms with Crippen molar-refractivity contribution in [3.05, 3.63) is 89.5 Å². The van der Waals surface area contributed by atoms with Crippen LogP contribution >= 0.6 is 0 Å². The van der Waals surface area contributed by atoms with Gasteiger partial charge in [-0.2, -0.15) is 0 Å². The lowest BCUT2D eigenvalue weighted by Crippen LogP contribution is -2.45. The van der Waals surface area contributed by atoms with E-state index in [1.165, 1.54) is 4.90 Å². The lowest BCUT2D eigenvalue weighted by molar-refractivity contribution is -0.140. The molecule has 3 aromatic carbocycles. The highest BCUT2D eigenvalue weighted by Crippen LogP contribution is 2.44. The lowest BCUT2D eigenvalue weighted by Gasteiger charge is -2.24. The number of alkyl carbamates (subject to hydrolysis) is 1. The fourth-order valence-corrected chi connectivity index (χ4v) is 5.14. The molecule has 0 aromatic heterocycles. The topological polar surface area (TPSA) is 95.9 Å². The van der Waals surface area contributed by atoms with Crippen molar-refractivity contribution in [3.63, 3.8) is 0 Å². The van der Waals surface area contributed by atoms with E-state index in [2.05, 4.69) is 29.6 Å². The third-order valence-electron chi connectivity index (χ3n) is 6.72. The van der Waals surface area contributed by atoms with E-state index in [0.29, 0.717) is 5.69 Å². The molecule has 35 heavy (non-hydrogen) atoms. The van der Waals surface area contributed by atoms with Crippen molar-refractivity contribution < 1.29 is 24.2 Å². The van der Waals surface area contributed by atoms with Crippen LogP contribution in [0.1, 0.15) is 36.0 Å². The molecule has 1 aliphatic carbocycles. The first-order valence-electron chi connectivity index (χ1n) is 11.7. The quantitative estimate of drug-likeness (QED) is 0.559. The molecule has 3 aromatic rings.